The van der Waals surface area contributed by atoms with Gasteiger partial charge >= 0.3 is 0 Å². The molecule has 0 aliphatic carbocycles. The molecular weight excluding hydrogens is 311 g/mol. The quantitative estimate of drug-likeness (QED) is 0.361. The first-order valence-electron chi connectivity index (χ1n) is 6.34. The Morgan fingerprint density at radius 1 is 1.00 bits per heavy atom. The van der Waals surface area contributed by atoms with Crippen LogP contribution < -0.4 is 28.5 Å². The van der Waals surface area contributed by atoms with Gasteiger partial charge in [0.05, 0.1) is 13.6 Å². The summed E-state index contributed by atoms with van der Waals surface area (Å²) in [6.07, 6.45) is 16.1. The normalized spacial score (nSPS) is 10.1. The SMILES string of the molecule is CCCCCCCCCn1cc[n+](C)c1.[I-]. The molecule has 1 heterocycles. The molecule has 1 aromatic heterocycles. The van der Waals surface area contributed by atoms with Gasteiger partial charge < -0.3 is 24.0 Å². The summed E-state index contributed by atoms with van der Waals surface area (Å²) >= 11 is 0. The van der Waals surface area contributed by atoms with E-state index in [0.29, 0.717) is 0 Å². The smallest absolute Gasteiger partial charge is 0.243 e. The number of hydrogen-bond donors (Lipinski definition) is 0. The molecule has 1 rings (SSSR count). The summed E-state index contributed by atoms with van der Waals surface area (Å²) in [4.78, 5) is 0. The van der Waals surface area contributed by atoms with Crippen LogP contribution in [0.5, 0.6) is 0 Å². The molecule has 3 heteroatoms. The third-order valence-electron chi connectivity index (χ3n) is 2.84. The zero-order valence-corrected chi connectivity index (χ0v) is 12.8. The molecular formula is C13H25IN2. The summed E-state index contributed by atoms with van der Waals surface area (Å²) in [5, 5.41) is 0. The van der Waals surface area contributed by atoms with Crippen molar-refractivity contribution in [3.63, 3.8) is 0 Å². The maximum atomic E-state index is 2.27. The summed E-state index contributed by atoms with van der Waals surface area (Å²) in [7, 11) is 2.07. The highest BCUT2D eigenvalue weighted by atomic mass is 127. The molecule has 0 aliphatic heterocycles. The molecule has 0 N–H and O–H groups in total. The highest BCUT2D eigenvalue weighted by Gasteiger charge is 1.98. The molecule has 0 fully saturated rings. The minimum absolute atomic E-state index is 0. The van der Waals surface area contributed by atoms with Gasteiger partial charge in [0.25, 0.3) is 0 Å². The number of imidazole rings is 1. The molecule has 0 spiro atoms. The van der Waals surface area contributed by atoms with Gasteiger partial charge in [0.15, 0.2) is 0 Å². The van der Waals surface area contributed by atoms with Crippen molar-refractivity contribution in [2.75, 3.05) is 0 Å². The molecule has 1 aromatic rings. The maximum absolute atomic E-state index is 2.27. The van der Waals surface area contributed by atoms with Crippen LogP contribution in [0.15, 0.2) is 18.7 Å². The van der Waals surface area contributed by atoms with E-state index in [4.69, 9.17) is 0 Å². The number of unbranched alkanes of at least 4 members (excludes halogenated alkanes) is 6. The van der Waals surface area contributed by atoms with Crippen LogP contribution in [0.25, 0.3) is 0 Å². The second-order valence-corrected chi connectivity index (χ2v) is 4.44. The molecule has 0 unspecified atom stereocenters. The molecule has 0 amide bonds. The molecule has 0 aromatic carbocycles. The van der Waals surface area contributed by atoms with Crippen LogP contribution in [0.4, 0.5) is 0 Å². The van der Waals surface area contributed by atoms with Gasteiger partial charge in [-0.3, -0.25) is 0 Å². The zero-order valence-electron chi connectivity index (χ0n) is 10.7. The minimum Gasteiger partial charge on any atom is -1.00 e. The largest absolute Gasteiger partial charge is 1.00 e. The van der Waals surface area contributed by atoms with Crippen LogP contribution >= 0.6 is 0 Å². The summed E-state index contributed by atoms with van der Waals surface area (Å²) in [6, 6.07) is 0. The summed E-state index contributed by atoms with van der Waals surface area (Å²) < 4.78 is 4.37. The van der Waals surface area contributed by atoms with Crippen molar-refractivity contribution in [1.82, 2.24) is 4.57 Å². The van der Waals surface area contributed by atoms with Gasteiger partial charge in [0, 0.05) is 0 Å². The number of hydrogen-bond acceptors (Lipinski definition) is 0. The standard InChI is InChI=1S/C13H25N2.HI/c1-3-4-5-6-7-8-9-10-15-12-11-14(2)13-15;/h11-13H,3-10H2,1-2H3;1H/q+1;/p-1. The van der Waals surface area contributed by atoms with Crippen LogP contribution in [0, 0.1) is 0 Å². The van der Waals surface area contributed by atoms with Gasteiger partial charge in [-0.05, 0) is 12.8 Å². The van der Waals surface area contributed by atoms with E-state index in [-0.39, 0.29) is 24.0 Å². The number of rotatable bonds is 8. The van der Waals surface area contributed by atoms with Crippen molar-refractivity contribution in [3.8, 4) is 0 Å². The van der Waals surface area contributed by atoms with Gasteiger partial charge in [-0.2, -0.15) is 0 Å². The van der Waals surface area contributed by atoms with Gasteiger partial charge in [0.2, 0.25) is 6.33 Å². The minimum atomic E-state index is 0. The Morgan fingerprint density at radius 2 is 1.62 bits per heavy atom. The Kier molecular flexibility index (Phi) is 10.1. The first-order chi connectivity index (χ1) is 7.33. The highest BCUT2D eigenvalue weighted by molar-refractivity contribution is 4.65. The first kappa shape index (κ1) is 15.9. The van der Waals surface area contributed by atoms with Crippen molar-refractivity contribution in [3.05, 3.63) is 18.7 Å². The van der Waals surface area contributed by atoms with E-state index >= 15 is 0 Å². The van der Waals surface area contributed by atoms with Crippen LogP contribution in [-0.2, 0) is 13.6 Å². The number of nitrogens with zero attached hydrogens (tertiary/aromatic N) is 2. The zero-order chi connectivity index (χ0) is 10.9. The number of aromatic nitrogens is 2. The van der Waals surface area contributed by atoms with Crippen LogP contribution in [0.1, 0.15) is 51.9 Å². The molecule has 94 valence electrons. The lowest BCUT2D eigenvalue weighted by Crippen LogP contribution is -3.00. The fourth-order valence-electron chi connectivity index (χ4n) is 1.89. The summed E-state index contributed by atoms with van der Waals surface area (Å²) in [5.41, 5.74) is 0. The Labute approximate surface area is 117 Å². The molecule has 0 atom stereocenters. The maximum Gasteiger partial charge on any atom is 0.243 e. The van der Waals surface area contributed by atoms with Crippen LogP contribution in [-0.4, -0.2) is 4.57 Å². The Balaban J connectivity index is 0.00000225. The van der Waals surface area contributed by atoms with Crippen molar-refractivity contribution < 1.29 is 28.5 Å². The predicted molar refractivity (Wildman–Crippen MR) is 63.6 cm³/mol. The Hall–Kier alpha value is -0.0600. The topological polar surface area (TPSA) is 8.81 Å². The van der Waals surface area contributed by atoms with Gasteiger partial charge in [-0.15, -0.1) is 0 Å². The summed E-state index contributed by atoms with van der Waals surface area (Å²) in [5.74, 6) is 0. The molecule has 0 aliphatic rings. The van der Waals surface area contributed by atoms with Crippen LogP contribution in [0.2, 0.25) is 0 Å². The average Bonchev–Trinajstić information content (AvgIpc) is 2.63. The van der Waals surface area contributed by atoms with E-state index < -0.39 is 0 Å². The lowest BCUT2D eigenvalue weighted by molar-refractivity contribution is -0.671. The van der Waals surface area contributed by atoms with Crippen molar-refractivity contribution >= 4 is 0 Å². The second-order valence-electron chi connectivity index (χ2n) is 4.44. The number of halogens is 1. The fraction of sp³-hybridized carbons (Fsp3) is 0.769. The molecule has 0 bridgehead atoms. The molecule has 0 saturated heterocycles. The molecule has 0 saturated carbocycles. The summed E-state index contributed by atoms with van der Waals surface area (Å²) in [6.45, 7) is 3.45. The van der Waals surface area contributed by atoms with Crippen LogP contribution in [0.3, 0.4) is 0 Å². The lowest BCUT2D eigenvalue weighted by atomic mass is 10.1. The lowest BCUT2D eigenvalue weighted by Gasteiger charge is -1.99. The average molecular weight is 336 g/mol. The third kappa shape index (κ3) is 7.25. The van der Waals surface area contributed by atoms with Gasteiger partial charge in [-0.1, -0.05) is 39.0 Å². The second kappa shape index (κ2) is 10.1. The fourth-order valence-corrected chi connectivity index (χ4v) is 1.89. The van der Waals surface area contributed by atoms with E-state index in [9.17, 15) is 0 Å². The highest BCUT2D eigenvalue weighted by Crippen LogP contribution is 2.07. The Bertz CT molecular complexity index is 258. The molecule has 16 heavy (non-hydrogen) atoms. The first-order valence-corrected chi connectivity index (χ1v) is 6.34. The van der Waals surface area contributed by atoms with Crippen molar-refractivity contribution in [2.24, 2.45) is 7.05 Å². The van der Waals surface area contributed by atoms with E-state index in [1.165, 1.54) is 51.5 Å². The number of aryl methyl sites for hydroxylation is 2. The van der Waals surface area contributed by atoms with E-state index in [2.05, 4.69) is 41.8 Å². The van der Waals surface area contributed by atoms with E-state index in [1.807, 2.05) is 0 Å². The molecule has 0 radical (unpaired) electrons. The predicted octanol–water partition coefficient (Wildman–Crippen LogP) is 0.0672. The Morgan fingerprint density at radius 3 is 2.19 bits per heavy atom. The monoisotopic (exact) mass is 336 g/mol. The van der Waals surface area contributed by atoms with E-state index in [1.54, 1.807) is 0 Å². The van der Waals surface area contributed by atoms with Gasteiger partial charge in [0.1, 0.15) is 12.4 Å². The van der Waals surface area contributed by atoms with Crippen molar-refractivity contribution in [2.45, 2.75) is 58.4 Å². The third-order valence-corrected chi connectivity index (χ3v) is 2.84. The molecule has 2 nitrogen and oxygen atoms in total. The van der Waals surface area contributed by atoms with E-state index in [0.717, 1.165) is 0 Å². The van der Waals surface area contributed by atoms with Gasteiger partial charge in [-0.25, -0.2) is 9.13 Å². The van der Waals surface area contributed by atoms with Crippen molar-refractivity contribution in [1.29, 1.82) is 0 Å².